The number of pyridine rings is 1. The van der Waals surface area contributed by atoms with Gasteiger partial charge in [0, 0.05) is 27.7 Å². The minimum Gasteiger partial charge on any atom is -0.481 e. The lowest BCUT2D eigenvalue weighted by Gasteiger charge is -1.93. The van der Waals surface area contributed by atoms with Crippen molar-refractivity contribution >= 4 is 23.4 Å². The van der Waals surface area contributed by atoms with E-state index in [2.05, 4.69) is 4.98 Å². The van der Waals surface area contributed by atoms with Crippen LogP contribution in [0.3, 0.4) is 0 Å². The second-order valence-electron chi connectivity index (χ2n) is 3.44. The Morgan fingerprint density at radius 1 is 1.41 bits per heavy atom. The Bertz CT molecular complexity index is 531. The number of carbonyl (C=O) groups is 1. The number of thiophene rings is 1. The molecule has 0 bridgehead atoms. The summed E-state index contributed by atoms with van der Waals surface area (Å²) in [5.74, 6) is -0.815. The van der Waals surface area contributed by atoms with E-state index in [1.54, 1.807) is 23.6 Å². The molecule has 0 radical (unpaired) electrons. The topological polar surface area (TPSA) is 50.2 Å². The molecule has 2 aromatic heterocycles. The van der Waals surface area contributed by atoms with Crippen LogP contribution in [0.4, 0.5) is 0 Å². The molecule has 2 heterocycles. The van der Waals surface area contributed by atoms with Crippen molar-refractivity contribution in [3.05, 3.63) is 47.6 Å². The molecule has 0 spiro atoms. The SMILES string of the molecule is O=C(O)C/C=C/c1ccc(-c2cccnc2)s1. The molecule has 17 heavy (non-hydrogen) atoms. The molecule has 0 saturated carbocycles. The summed E-state index contributed by atoms with van der Waals surface area (Å²) in [7, 11) is 0. The van der Waals surface area contributed by atoms with E-state index < -0.39 is 5.97 Å². The van der Waals surface area contributed by atoms with E-state index in [9.17, 15) is 4.79 Å². The molecule has 86 valence electrons. The summed E-state index contributed by atoms with van der Waals surface area (Å²) < 4.78 is 0. The normalized spacial score (nSPS) is 10.8. The van der Waals surface area contributed by atoms with Crippen molar-refractivity contribution in [1.29, 1.82) is 0 Å². The monoisotopic (exact) mass is 245 g/mol. The first-order chi connectivity index (χ1) is 8.25. The quantitative estimate of drug-likeness (QED) is 0.899. The third kappa shape index (κ3) is 3.26. The van der Waals surface area contributed by atoms with Crippen LogP contribution in [0.25, 0.3) is 16.5 Å². The fourth-order valence-electron chi connectivity index (χ4n) is 1.38. The molecule has 1 N–H and O–H groups in total. The largest absolute Gasteiger partial charge is 0.481 e. The fraction of sp³-hybridized carbons (Fsp3) is 0.0769. The van der Waals surface area contributed by atoms with Gasteiger partial charge >= 0.3 is 5.97 Å². The molecule has 4 heteroatoms. The molecule has 3 nitrogen and oxygen atoms in total. The molecular formula is C13H11NO2S. The molecule has 0 aliphatic heterocycles. The van der Waals surface area contributed by atoms with Crippen molar-refractivity contribution in [1.82, 2.24) is 4.98 Å². The van der Waals surface area contributed by atoms with Crippen LogP contribution in [-0.4, -0.2) is 16.1 Å². The highest BCUT2D eigenvalue weighted by atomic mass is 32.1. The van der Waals surface area contributed by atoms with E-state index >= 15 is 0 Å². The van der Waals surface area contributed by atoms with Crippen molar-refractivity contribution < 1.29 is 9.90 Å². The van der Waals surface area contributed by atoms with Crippen LogP contribution in [0.2, 0.25) is 0 Å². The number of aromatic nitrogens is 1. The molecule has 0 unspecified atom stereocenters. The van der Waals surface area contributed by atoms with Crippen molar-refractivity contribution in [2.45, 2.75) is 6.42 Å². The first kappa shape index (κ1) is 11.5. The predicted molar refractivity (Wildman–Crippen MR) is 68.8 cm³/mol. The summed E-state index contributed by atoms with van der Waals surface area (Å²) in [5, 5.41) is 8.52. The Balaban J connectivity index is 2.11. The lowest BCUT2D eigenvalue weighted by molar-refractivity contribution is -0.135. The maximum Gasteiger partial charge on any atom is 0.307 e. The highest BCUT2D eigenvalue weighted by Gasteiger charge is 2.00. The van der Waals surface area contributed by atoms with Gasteiger partial charge in [-0.15, -0.1) is 11.3 Å². The average molecular weight is 245 g/mol. The molecule has 0 aliphatic rings. The number of aliphatic carboxylic acids is 1. The molecule has 0 aromatic carbocycles. The second kappa shape index (κ2) is 5.41. The number of carboxylic acids is 1. The van der Waals surface area contributed by atoms with E-state index in [0.29, 0.717) is 0 Å². The number of carboxylic acid groups (broad SMARTS) is 1. The summed E-state index contributed by atoms with van der Waals surface area (Å²) in [6.45, 7) is 0. The maximum absolute atomic E-state index is 10.4. The fourth-order valence-corrected chi connectivity index (χ4v) is 2.31. The first-order valence-electron chi connectivity index (χ1n) is 5.14. The molecule has 0 aliphatic carbocycles. The molecule has 2 aromatic rings. The Hall–Kier alpha value is -1.94. The van der Waals surface area contributed by atoms with Crippen molar-refractivity contribution in [3.8, 4) is 10.4 Å². The van der Waals surface area contributed by atoms with Gasteiger partial charge in [0.05, 0.1) is 6.42 Å². The van der Waals surface area contributed by atoms with Gasteiger partial charge in [-0.2, -0.15) is 0 Å². The zero-order chi connectivity index (χ0) is 12.1. The summed E-state index contributed by atoms with van der Waals surface area (Å²) >= 11 is 1.62. The zero-order valence-electron chi connectivity index (χ0n) is 9.04. The van der Waals surface area contributed by atoms with Crippen LogP contribution >= 0.6 is 11.3 Å². The Morgan fingerprint density at radius 2 is 2.29 bits per heavy atom. The third-order valence-electron chi connectivity index (χ3n) is 2.15. The van der Waals surface area contributed by atoms with Gasteiger partial charge in [0.15, 0.2) is 0 Å². The summed E-state index contributed by atoms with van der Waals surface area (Å²) in [6, 6.07) is 7.89. The number of nitrogens with zero attached hydrogens (tertiary/aromatic N) is 1. The zero-order valence-corrected chi connectivity index (χ0v) is 9.85. The lowest BCUT2D eigenvalue weighted by atomic mass is 10.2. The van der Waals surface area contributed by atoms with Crippen LogP contribution in [0.5, 0.6) is 0 Å². The standard InChI is InChI=1S/C13H11NO2S/c15-13(16)5-1-4-11-6-7-12(17-11)10-3-2-8-14-9-10/h1-4,6-9H,5H2,(H,15,16)/b4-1+. The van der Waals surface area contributed by atoms with E-state index in [1.165, 1.54) is 0 Å². The lowest BCUT2D eigenvalue weighted by Crippen LogP contribution is -1.89. The van der Waals surface area contributed by atoms with Crippen LogP contribution in [0.1, 0.15) is 11.3 Å². The van der Waals surface area contributed by atoms with Gasteiger partial charge in [0.1, 0.15) is 0 Å². The third-order valence-corrected chi connectivity index (χ3v) is 3.25. The number of rotatable bonds is 4. The molecule has 0 fully saturated rings. The minimum atomic E-state index is -0.815. The average Bonchev–Trinajstić information content (AvgIpc) is 2.78. The second-order valence-corrected chi connectivity index (χ2v) is 4.56. The summed E-state index contributed by atoms with van der Waals surface area (Å²) in [5.41, 5.74) is 1.08. The molecule has 2 rings (SSSR count). The van der Waals surface area contributed by atoms with Crippen molar-refractivity contribution in [3.63, 3.8) is 0 Å². The van der Waals surface area contributed by atoms with Crippen LogP contribution < -0.4 is 0 Å². The van der Waals surface area contributed by atoms with Crippen LogP contribution in [-0.2, 0) is 4.79 Å². The molecule has 0 amide bonds. The first-order valence-corrected chi connectivity index (χ1v) is 5.96. The van der Waals surface area contributed by atoms with E-state index in [4.69, 9.17) is 5.11 Å². The minimum absolute atomic E-state index is 0.0557. The molecule has 0 saturated heterocycles. The highest BCUT2D eigenvalue weighted by Crippen LogP contribution is 2.28. The van der Waals surface area contributed by atoms with Crippen molar-refractivity contribution in [2.24, 2.45) is 0 Å². The molecular weight excluding hydrogens is 234 g/mol. The highest BCUT2D eigenvalue weighted by molar-refractivity contribution is 7.16. The number of hydrogen-bond donors (Lipinski definition) is 1. The summed E-state index contributed by atoms with van der Waals surface area (Å²) in [6.07, 6.45) is 7.10. The Morgan fingerprint density at radius 3 is 3.00 bits per heavy atom. The Kier molecular flexibility index (Phi) is 3.67. The van der Waals surface area contributed by atoms with Gasteiger partial charge in [-0.3, -0.25) is 9.78 Å². The smallest absolute Gasteiger partial charge is 0.307 e. The number of hydrogen-bond acceptors (Lipinski definition) is 3. The summed E-state index contributed by atoms with van der Waals surface area (Å²) in [4.78, 5) is 16.6. The van der Waals surface area contributed by atoms with Crippen molar-refractivity contribution in [2.75, 3.05) is 0 Å². The predicted octanol–water partition coefficient (Wildman–Crippen LogP) is 3.30. The van der Waals surface area contributed by atoms with Gasteiger partial charge in [-0.05, 0) is 24.3 Å². The Labute approximate surface area is 103 Å². The maximum atomic E-state index is 10.4. The van der Waals surface area contributed by atoms with E-state index in [-0.39, 0.29) is 6.42 Å². The van der Waals surface area contributed by atoms with Gasteiger partial charge < -0.3 is 5.11 Å². The van der Waals surface area contributed by atoms with E-state index in [0.717, 1.165) is 15.3 Å². The van der Waals surface area contributed by atoms with Crippen LogP contribution in [0.15, 0.2) is 42.7 Å². The van der Waals surface area contributed by atoms with E-state index in [1.807, 2.05) is 36.5 Å². The van der Waals surface area contributed by atoms with Gasteiger partial charge in [0.2, 0.25) is 0 Å². The van der Waals surface area contributed by atoms with Crippen LogP contribution in [0, 0.1) is 0 Å². The van der Waals surface area contributed by atoms with Gasteiger partial charge in [-0.25, -0.2) is 0 Å². The van der Waals surface area contributed by atoms with Gasteiger partial charge in [-0.1, -0.05) is 12.1 Å². The van der Waals surface area contributed by atoms with Gasteiger partial charge in [0.25, 0.3) is 0 Å². The molecule has 0 atom stereocenters.